The van der Waals surface area contributed by atoms with Crippen molar-refractivity contribution in [2.75, 3.05) is 5.32 Å². The lowest BCUT2D eigenvalue weighted by Crippen LogP contribution is -2.08. The second-order valence-electron chi connectivity index (χ2n) is 3.20. The van der Waals surface area contributed by atoms with E-state index in [1.165, 1.54) is 6.20 Å². The van der Waals surface area contributed by atoms with Crippen LogP contribution in [0.4, 0.5) is 5.82 Å². The average molecular weight is 214 g/mol. The van der Waals surface area contributed by atoms with Gasteiger partial charge in [-0.25, -0.2) is 0 Å². The van der Waals surface area contributed by atoms with E-state index in [1.54, 1.807) is 16.9 Å². The first-order valence-electron chi connectivity index (χ1n) is 4.74. The summed E-state index contributed by atoms with van der Waals surface area (Å²) >= 11 is 0. The maximum atomic E-state index is 8.85. The molecular weight excluding hydrogens is 204 g/mol. The zero-order valence-corrected chi connectivity index (χ0v) is 8.75. The van der Waals surface area contributed by atoms with E-state index in [0.717, 1.165) is 5.69 Å². The lowest BCUT2D eigenvalue weighted by Gasteiger charge is -2.05. The maximum Gasteiger partial charge on any atom is 0.166 e. The summed E-state index contributed by atoms with van der Waals surface area (Å²) in [7, 11) is 1.86. The summed E-state index contributed by atoms with van der Waals surface area (Å²) in [6.45, 7) is 0.559. The highest BCUT2D eigenvalue weighted by Crippen LogP contribution is 2.09. The van der Waals surface area contributed by atoms with E-state index < -0.39 is 0 Å². The minimum atomic E-state index is 0.483. The maximum absolute atomic E-state index is 8.85. The third-order valence-corrected chi connectivity index (χ3v) is 2.20. The summed E-state index contributed by atoms with van der Waals surface area (Å²) in [5.41, 5.74) is 1.49. The molecule has 1 N–H and O–H groups in total. The normalized spacial score (nSPS) is 9.75. The van der Waals surface area contributed by atoms with Crippen LogP contribution in [0.25, 0.3) is 0 Å². The van der Waals surface area contributed by atoms with Crippen molar-refractivity contribution in [1.29, 1.82) is 5.26 Å². The van der Waals surface area contributed by atoms with Crippen molar-refractivity contribution in [3.05, 3.63) is 35.8 Å². The number of anilines is 1. The Morgan fingerprint density at radius 2 is 2.31 bits per heavy atom. The van der Waals surface area contributed by atoms with Crippen molar-refractivity contribution >= 4 is 5.82 Å². The molecule has 0 bridgehead atoms. The molecule has 0 saturated carbocycles. The minimum absolute atomic E-state index is 0.483. The van der Waals surface area contributed by atoms with Crippen LogP contribution >= 0.6 is 0 Å². The molecule has 16 heavy (non-hydrogen) atoms. The van der Waals surface area contributed by atoms with E-state index in [4.69, 9.17) is 5.26 Å². The first-order valence-corrected chi connectivity index (χ1v) is 4.74. The number of nitrogens with one attached hydrogen (secondary N) is 1. The van der Waals surface area contributed by atoms with Gasteiger partial charge in [-0.15, -0.1) is 5.10 Å². The number of nitrogens with zero attached hydrogens (tertiary/aromatic N) is 5. The second-order valence-corrected chi connectivity index (χ2v) is 3.20. The number of hydrogen-bond donors (Lipinski definition) is 1. The minimum Gasteiger partial charge on any atom is -0.362 e. The van der Waals surface area contributed by atoms with Crippen molar-refractivity contribution in [2.45, 2.75) is 6.54 Å². The van der Waals surface area contributed by atoms with Crippen LogP contribution < -0.4 is 5.32 Å². The number of aromatic nitrogens is 4. The van der Waals surface area contributed by atoms with Crippen LogP contribution in [-0.2, 0) is 13.6 Å². The summed E-state index contributed by atoms with van der Waals surface area (Å²) in [5, 5.41) is 23.5. The van der Waals surface area contributed by atoms with Crippen LogP contribution in [0.3, 0.4) is 0 Å². The molecular formula is C10H10N6. The molecule has 0 unspecified atom stereocenters. The van der Waals surface area contributed by atoms with Crippen molar-refractivity contribution in [2.24, 2.45) is 7.05 Å². The third-order valence-electron chi connectivity index (χ3n) is 2.20. The van der Waals surface area contributed by atoms with Crippen LogP contribution in [-0.4, -0.2) is 20.0 Å². The van der Waals surface area contributed by atoms with Gasteiger partial charge in [0.15, 0.2) is 5.82 Å². The van der Waals surface area contributed by atoms with Gasteiger partial charge in [-0.05, 0) is 12.1 Å². The van der Waals surface area contributed by atoms with Crippen molar-refractivity contribution in [3.8, 4) is 6.07 Å². The molecule has 6 nitrogen and oxygen atoms in total. The molecule has 6 heteroatoms. The Labute approximate surface area is 92.5 Å². The van der Waals surface area contributed by atoms with E-state index in [9.17, 15) is 0 Å². The van der Waals surface area contributed by atoms with Crippen LogP contribution in [0.2, 0.25) is 0 Å². The molecule has 0 saturated heterocycles. The Balaban J connectivity index is 2.11. The molecule has 0 atom stereocenters. The Kier molecular flexibility index (Phi) is 2.78. The zero-order valence-electron chi connectivity index (χ0n) is 8.75. The monoisotopic (exact) mass is 214 g/mol. The summed E-state index contributed by atoms with van der Waals surface area (Å²) in [4.78, 5) is 0. The number of aryl methyl sites for hydroxylation is 1. The van der Waals surface area contributed by atoms with Gasteiger partial charge in [-0.1, -0.05) is 0 Å². The molecule has 0 radical (unpaired) electrons. The van der Waals surface area contributed by atoms with Gasteiger partial charge >= 0.3 is 0 Å². The van der Waals surface area contributed by atoms with Gasteiger partial charge in [-0.3, -0.25) is 4.68 Å². The van der Waals surface area contributed by atoms with Crippen molar-refractivity contribution < 1.29 is 0 Å². The van der Waals surface area contributed by atoms with Crippen molar-refractivity contribution in [1.82, 2.24) is 20.0 Å². The summed E-state index contributed by atoms with van der Waals surface area (Å²) in [6.07, 6.45) is 3.21. The standard InChI is InChI=1S/C10H10N6/c1-16-9(3-5-14-16)7-12-10-8(6-11)2-4-13-15-10/h2-5H,7H2,1H3,(H,12,15). The molecule has 0 spiro atoms. The molecule has 0 fully saturated rings. The highest BCUT2D eigenvalue weighted by Gasteiger charge is 2.04. The Morgan fingerprint density at radius 1 is 1.44 bits per heavy atom. The van der Waals surface area contributed by atoms with Gasteiger partial charge in [0.1, 0.15) is 6.07 Å². The molecule has 2 rings (SSSR count). The quantitative estimate of drug-likeness (QED) is 0.813. The molecule has 2 aromatic heterocycles. The predicted molar refractivity (Wildman–Crippen MR) is 57.3 cm³/mol. The smallest absolute Gasteiger partial charge is 0.166 e. The van der Waals surface area contributed by atoms with Gasteiger partial charge in [-0.2, -0.15) is 15.5 Å². The molecule has 80 valence electrons. The molecule has 0 aliphatic heterocycles. The summed E-state index contributed by atoms with van der Waals surface area (Å²) < 4.78 is 1.76. The first kappa shape index (κ1) is 10.1. The van der Waals surface area contributed by atoms with E-state index >= 15 is 0 Å². The molecule has 0 aliphatic rings. The molecule has 2 aromatic rings. The fourth-order valence-corrected chi connectivity index (χ4v) is 1.30. The summed E-state index contributed by atoms with van der Waals surface area (Å²) in [6, 6.07) is 5.57. The van der Waals surface area contributed by atoms with E-state index in [-0.39, 0.29) is 0 Å². The highest BCUT2D eigenvalue weighted by atomic mass is 15.3. The molecule has 0 aromatic carbocycles. The Hall–Kier alpha value is -2.42. The molecule has 0 amide bonds. The number of nitriles is 1. The molecule has 0 aliphatic carbocycles. The fraction of sp³-hybridized carbons (Fsp3) is 0.200. The van der Waals surface area contributed by atoms with E-state index in [0.29, 0.717) is 17.9 Å². The fourth-order valence-electron chi connectivity index (χ4n) is 1.30. The zero-order chi connectivity index (χ0) is 11.4. The lowest BCUT2D eigenvalue weighted by atomic mass is 10.3. The second kappa shape index (κ2) is 4.40. The highest BCUT2D eigenvalue weighted by molar-refractivity contribution is 5.50. The average Bonchev–Trinajstić information content (AvgIpc) is 2.72. The van der Waals surface area contributed by atoms with Crippen LogP contribution in [0.1, 0.15) is 11.3 Å². The third kappa shape index (κ3) is 1.98. The Morgan fingerprint density at radius 3 is 3.00 bits per heavy atom. The first-order chi connectivity index (χ1) is 7.81. The lowest BCUT2D eigenvalue weighted by molar-refractivity contribution is 0.719. The summed E-state index contributed by atoms with van der Waals surface area (Å²) in [5.74, 6) is 0.492. The van der Waals surface area contributed by atoms with Gasteiger partial charge in [0.05, 0.1) is 24.0 Å². The van der Waals surface area contributed by atoms with Gasteiger partial charge in [0.2, 0.25) is 0 Å². The van der Waals surface area contributed by atoms with Gasteiger partial charge in [0, 0.05) is 13.2 Å². The topological polar surface area (TPSA) is 79.4 Å². The van der Waals surface area contributed by atoms with Crippen LogP contribution in [0.5, 0.6) is 0 Å². The van der Waals surface area contributed by atoms with E-state index in [1.807, 2.05) is 13.1 Å². The van der Waals surface area contributed by atoms with Gasteiger partial charge in [0.25, 0.3) is 0 Å². The largest absolute Gasteiger partial charge is 0.362 e. The van der Waals surface area contributed by atoms with Crippen LogP contribution in [0, 0.1) is 11.3 Å². The number of hydrogen-bond acceptors (Lipinski definition) is 5. The SMILES string of the molecule is Cn1nccc1CNc1nnccc1C#N. The Bertz CT molecular complexity index is 524. The van der Waals surface area contributed by atoms with Crippen molar-refractivity contribution in [3.63, 3.8) is 0 Å². The number of rotatable bonds is 3. The molecule has 2 heterocycles. The van der Waals surface area contributed by atoms with Gasteiger partial charge < -0.3 is 5.32 Å². The predicted octanol–water partition coefficient (Wildman–Crippen LogP) is 0.694. The van der Waals surface area contributed by atoms with Crippen LogP contribution in [0.15, 0.2) is 24.5 Å². The van der Waals surface area contributed by atoms with E-state index in [2.05, 4.69) is 26.7 Å².